The molecular weight excluding hydrogens is 236 g/mol. The van der Waals surface area contributed by atoms with Gasteiger partial charge in [0.25, 0.3) is 0 Å². The van der Waals surface area contributed by atoms with Crippen LogP contribution < -0.4 is 0 Å². The number of nitrogens with zero attached hydrogens (tertiary/aromatic N) is 2. The average Bonchev–Trinajstić information content (AvgIpc) is 2.25. The Hall–Kier alpha value is -0.940. The highest BCUT2D eigenvalue weighted by atomic mass is 32.2. The van der Waals surface area contributed by atoms with Gasteiger partial charge in [0, 0.05) is 43.7 Å². The van der Waals surface area contributed by atoms with Gasteiger partial charge in [-0.3, -0.25) is 9.88 Å². The average molecular weight is 254 g/mol. The molecule has 0 bridgehead atoms. The summed E-state index contributed by atoms with van der Waals surface area (Å²) < 4.78 is 22.3. The van der Waals surface area contributed by atoms with Gasteiger partial charge in [-0.05, 0) is 18.6 Å². The number of aromatic nitrogens is 1. The molecule has 0 amide bonds. The van der Waals surface area contributed by atoms with Crippen molar-refractivity contribution in [3.8, 4) is 0 Å². The predicted octanol–water partition coefficient (Wildman–Crippen LogP) is 0.793. The molecular formula is C12H18N2O2S. The van der Waals surface area contributed by atoms with Gasteiger partial charge < -0.3 is 0 Å². The first-order valence-electron chi connectivity index (χ1n) is 5.79. The summed E-state index contributed by atoms with van der Waals surface area (Å²) in [6.07, 6.45) is 2.20. The molecule has 0 aromatic carbocycles. The van der Waals surface area contributed by atoms with E-state index in [-0.39, 0.29) is 5.75 Å². The molecule has 0 saturated carbocycles. The van der Waals surface area contributed by atoms with Crippen LogP contribution >= 0.6 is 0 Å². The van der Waals surface area contributed by atoms with Crippen LogP contribution in [-0.4, -0.2) is 43.4 Å². The molecule has 0 atom stereocenters. The molecule has 1 aliphatic heterocycles. The molecule has 0 aliphatic carbocycles. The molecule has 0 fully saturated rings. The zero-order chi connectivity index (χ0) is 12.5. The minimum atomic E-state index is -2.86. The van der Waals surface area contributed by atoms with Crippen molar-refractivity contribution in [2.75, 3.05) is 25.1 Å². The fourth-order valence-electron chi connectivity index (χ4n) is 2.07. The Morgan fingerprint density at radius 1 is 1.41 bits per heavy atom. The van der Waals surface area contributed by atoms with Gasteiger partial charge in [-0.2, -0.15) is 0 Å². The molecule has 0 unspecified atom stereocenters. The van der Waals surface area contributed by atoms with Gasteiger partial charge in [-0.25, -0.2) is 8.42 Å². The van der Waals surface area contributed by atoms with Crippen LogP contribution in [0, 0.1) is 6.92 Å². The van der Waals surface area contributed by atoms with Crippen LogP contribution in [0.1, 0.15) is 17.0 Å². The van der Waals surface area contributed by atoms with Gasteiger partial charge in [0.2, 0.25) is 0 Å². The van der Waals surface area contributed by atoms with E-state index in [9.17, 15) is 8.42 Å². The third-order valence-electron chi connectivity index (χ3n) is 3.04. The second-order valence-corrected chi connectivity index (χ2v) is 6.97. The first-order chi connectivity index (χ1) is 7.94. The fraction of sp³-hybridized carbons (Fsp3) is 0.583. The number of sulfone groups is 1. The maximum Gasteiger partial charge on any atom is 0.148 e. The summed E-state index contributed by atoms with van der Waals surface area (Å²) in [7, 11) is -2.86. The monoisotopic (exact) mass is 254 g/mol. The molecule has 0 spiro atoms. The summed E-state index contributed by atoms with van der Waals surface area (Å²) in [4.78, 5) is 6.69. The van der Waals surface area contributed by atoms with Crippen LogP contribution in [-0.2, 0) is 22.8 Å². The Morgan fingerprint density at radius 3 is 2.88 bits per heavy atom. The van der Waals surface area contributed by atoms with Crippen LogP contribution in [0.3, 0.4) is 0 Å². The fourth-order valence-corrected chi connectivity index (χ4v) is 2.66. The van der Waals surface area contributed by atoms with Gasteiger partial charge in [-0.1, -0.05) is 6.07 Å². The lowest BCUT2D eigenvalue weighted by Crippen LogP contribution is -2.34. The van der Waals surface area contributed by atoms with Gasteiger partial charge in [0.15, 0.2) is 0 Å². The van der Waals surface area contributed by atoms with Crippen LogP contribution in [0.5, 0.6) is 0 Å². The van der Waals surface area contributed by atoms with E-state index >= 15 is 0 Å². The van der Waals surface area contributed by atoms with E-state index in [1.807, 2.05) is 13.0 Å². The van der Waals surface area contributed by atoms with Crippen molar-refractivity contribution < 1.29 is 8.42 Å². The first-order valence-corrected chi connectivity index (χ1v) is 7.85. The van der Waals surface area contributed by atoms with E-state index in [2.05, 4.69) is 16.0 Å². The molecule has 0 saturated heterocycles. The highest BCUT2D eigenvalue weighted by Crippen LogP contribution is 2.17. The lowest BCUT2D eigenvalue weighted by Gasteiger charge is -2.27. The van der Waals surface area contributed by atoms with E-state index in [4.69, 9.17) is 0 Å². The van der Waals surface area contributed by atoms with Crippen molar-refractivity contribution in [2.24, 2.45) is 0 Å². The SMILES string of the molecule is Cc1ccc2c(n1)CCN(CCS(C)(=O)=O)C2. The smallest absolute Gasteiger partial charge is 0.148 e. The minimum Gasteiger partial charge on any atom is -0.298 e. The standard InChI is InChI=1S/C12H18N2O2S/c1-10-3-4-11-9-14(6-5-12(11)13-10)7-8-17(2,15)16/h3-4H,5-9H2,1-2H3. The molecule has 1 aromatic heterocycles. The highest BCUT2D eigenvalue weighted by molar-refractivity contribution is 7.90. The third-order valence-corrected chi connectivity index (χ3v) is 3.97. The van der Waals surface area contributed by atoms with E-state index in [0.717, 1.165) is 25.2 Å². The molecule has 0 radical (unpaired) electrons. The van der Waals surface area contributed by atoms with E-state index in [1.165, 1.54) is 17.5 Å². The van der Waals surface area contributed by atoms with Gasteiger partial charge in [0.05, 0.1) is 5.75 Å². The number of fused-ring (bicyclic) bond motifs is 1. The van der Waals surface area contributed by atoms with Crippen molar-refractivity contribution in [1.82, 2.24) is 9.88 Å². The van der Waals surface area contributed by atoms with Crippen molar-refractivity contribution >= 4 is 9.84 Å². The van der Waals surface area contributed by atoms with E-state index < -0.39 is 9.84 Å². The molecule has 5 heteroatoms. The first kappa shape index (κ1) is 12.5. The lowest BCUT2D eigenvalue weighted by atomic mass is 10.1. The van der Waals surface area contributed by atoms with Crippen LogP contribution in [0.15, 0.2) is 12.1 Å². The topological polar surface area (TPSA) is 50.3 Å². The van der Waals surface area contributed by atoms with E-state index in [0.29, 0.717) is 6.54 Å². The maximum atomic E-state index is 11.1. The van der Waals surface area contributed by atoms with Crippen LogP contribution in [0.2, 0.25) is 0 Å². The second kappa shape index (κ2) is 4.74. The zero-order valence-corrected chi connectivity index (χ0v) is 11.1. The Labute approximate surface area is 103 Å². The molecule has 94 valence electrons. The van der Waals surface area contributed by atoms with Crippen molar-refractivity contribution in [2.45, 2.75) is 19.9 Å². The second-order valence-electron chi connectivity index (χ2n) is 4.71. The summed E-state index contributed by atoms with van der Waals surface area (Å²) in [6.45, 7) is 4.33. The Balaban J connectivity index is 2.01. The largest absolute Gasteiger partial charge is 0.298 e. The van der Waals surface area contributed by atoms with Gasteiger partial charge in [0.1, 0.15) is 9.84 Å². The Kier molecular flexibility index (Phi) is 3.49. The van der Waals surface area contributed by atoms with Crippen molar-refractivity contribution in [3.05, 3.63) is 29.1 Å². The molecule has 0 N–H and O–H groups in total. The van der Waals surface area contributed by atoms with Gasteiger partial charge in [-0.15, -0.1) is 0 Å². The molecule has 2 heterocycles. The minimum absolute atomic E-state index is 0.238. The number of rotatable bonds is 3. The van der Waals surface area contributed by atoms with Crippen molar-refractivity contribution in [1.29, 1.82) is 0 Å². The quantitative estimate of drug-likeness (QED) is 0.800. The molecule has 17 heavy (non-hydrogen) atoms. The third kappa shape index (κ3) is 3.51. The summed E-state index contributed by atoms with van der Waals surface area (Å²) in [5.41, 5.74) is 3.45. The summed E-state index contributed by atoms with van der Waals surface area (Å²) >= 11 is 0. The predicted molar refractivity (Wildman–Crippen MR) is 67.7 cm³/mol. The summed E-state index contributed by atoms with van der Waals surface area (Å²) in [5, 5.41) is 0. The molecule has 4 nitrogen and oxygen atoms in total. The number of hydrogen-bond donors (Lipinski definition) is 0. The molecule has 2 rings (SSSR count). The van der Waals surface area contributed by atoms with Crippen LogP contribution in [0.4, 0.5) is 0 Å². The normalized spacial score (nSPS) is 16.8. The Bertz CT molecular complexity index is 511. The van der Waals surface area contributed by atoms with Crippen molar-refractivity contribution in [3.63, 3.8) is 0 Å². The number of hydrogen-bond acceptors (Lipinski definition) is 4. The zero-order valence-electron chi connectivity index (χ0n) is 10.3. The van der Waals surface area contributed by atoms with Crippen LogP contribution in [0.25, 0.3) is 0 Å². The number of pyridine rings is 1. The lowest BCUT2D eigenvalue weighted by molar-refractivity contribution is 0.266. The van der Waals surface area contributed by atoms with Gasteiger partial charge >= 0.3 is 0 Å². The summed E-state index contributed by atoms with van der Waals surface area (Å²) in [5.74, 6) is 0.238. The molecule has 1 aromatic rings. The van der Waals surface area contributed by atoms with E-state index in [1.54, 1.807) is 0 Å². The maximum absolute atomic E-state index is 11.1. The number of aryl methyl sites for hydroxylation is 1. The Morgan fingerprint density at radius 2 is 2.18 bits per heavy atom. The highest BCUT2D eigenvalue weighted by Gasteiger charge is 2.18. The summed E-state index contributed by atoms with van der Waals surface area (Å²) in [6, 6.07) is 4.11. The molecule has 1 aliphatic rings.